The lowest BCUT2D eigenvalue weighted by atomic mass is 9.96. The van der Waals surface area contributed by atoms with Crippen LogP contribution in [0.5, 0.6) is 0 Å². The van der Waals surface area contributed by atoms with E-state index in [0.29, 0.717) is 25.6 Å². The molecule has 0 aromatic rings. The van der Waals surface area contributed by atoms with Crippen molar-refractivity contribution in [1.29, 1.82) is 5.26 Å². The molecule has 90 valence electrons. The number of rotatable bonds is 3. The molecule has 0 aromatic heterocycles. The zero-order valence-electron chi connectivity index (χ0n) is 9.22. The van der Waals surface area contributed by atoms with Gasteiger partial charge in [-0.15, -0.1) is 0 Å². The maximum Gasteiger partial charge on any atom is 0.152 e. The maximum absolute atomic E-state index is 11.3. The third kappa shape index (κ3) is 2.54. The summed E-state index contributed by atoms with van der Waals surface area (Å²) in [7, 11) is -2.85. The molecule has 2 rings (SSSR count). The summed E-state index contributed by atoms with van der Waals surface area (Å²) in [5.41, 5.74) is 5.27. The molecule has 5 nitrogen and oxygen atoms in total. The van der Waals surface area contributed by atoms with Gasteiger partial charge in [0.2, 0.25) is 0 Å². The SMILES string of the molecule is N#CC(N)(CN1CCS(=O)(=O)CC1)C1CC1. The van der Waals surface area contributed by atoms with Gasteiger partial charge in [-0.05, 0) is 18.8 Å². The highest BCUT2D eigenvalue weighted by molar-refractivity contribution is 7.91. The third-order valence-corrected chi connectivity index (χ3v) is 5.05. The van der Waals surface area contributed by atoms with Crippen molar-refractivity contribution in [1.82, 2.24) is 4.90 Å². The van der Waals surface area contributed by atoms with E-state index in [-0.39, 0.29) is 11.5 Å². The Morgan fingerprint density at radius 3 is 2.38 bits per heavy atom. The van der Waals surface area contributed by atoms with Crippen LogP contribution in [0.4, 0.5) is 0 Å². The molecular weight excluding hydrogens is 226 g/mol. The van der Waals surface area contributed by atoms with Crippen LogP contribution in [0.3, 0.4) is 0 Å². The van der Waals surface area contributed by atoms with Crippen LogP contribution >= 0.6 is 0 Å². The van der Waals surface area contributed by atoms with Gasteiger partial charge in [0.05, 0.1) is 17.6 Å². The summed E-state index contributed by atoms with van der Waals surface area (Å²) < 4.78 is 22.5. The van der Waals surface area contributed by atoms with Gasteiger partial charge >= 0.3 is 0 Å². The number of sulfone groups is 1. The van der Waals surface area contributed by atoms with Crippen LogP contribution in [0.25, 0.3) is 0 Å². The van der Waals surface area contributed by atoms with Crippen LogP contribution < -0.4 is 5.73 Å². The smallest absolute Gasteiger partial charge is 0.152 e. The lowest BCUT2D eigenvalue weighted by molar-refractivity contribution is 0.236. The van der Waals surface area contributed by atoms with Crippen LogP contribution in [-0.4, -0.2) is 50.0 Å². The third-order valence-electron chi connectivity index (χ3n) is 3.44. The van der Waals surface area contributed by atoms with Crippen molar-refractivity contribution in [3.63, 3.8) is 0 Å². The Bertz CT molecular complexity index is 396. The summed E-state index contributed by atoms with van der Waals surface area (Å²) in [6, 6.07) is 2.20. The summed E-state index contributed by atoms with van der Waals surface area (Å²) in [5.74, 6) is 0.689. The molecule has 1 saturated heterocycles. The average molecular weight is 243 g/mol. The van der Waals surface area contributed by atoms with Gasteiger partial charge in [-0.3, -0.25) is 4.90 Å². The Morgan fingerprint density at radius 1 is 1.38 bits per heavy atom. The Labute approximate surface area is 96.1 Å². The highest BCUT2D eigenvalue weighted by Gasteiger charge is 2.44. The largest absolute Gasteiger partial charge is 0.312 e. The average Bonchev–Trinajstić information content (AvgIpc) is 3.05. The molecule has 0 bridgehead atoms. The first-order valence-corrected chi connectivity index (χ1v) is 7.40. The molecule has 1 heterocycles. The Balaban J connectivity index is 1.93. The lowest BCUT2D eigenvalue weighted by Gasteiger charge is -2.32. The first-order valence-electron chi connectivity index (χ1n) is 5.58. The molecular formula is C10H17N3O2S. The van der Waals surface area contributed by atoms with Gasteiger partial charge in [-0.25, -0.2) is 8.42 Å². The van der Waals surface area contributed by atoms with Gasteiger partial charge < -0.3 is 5.73 Å². The minimum atomic E-state index is -2.85. The minimum Gasteiger partial charge on any atom is -0.312 e. The van der Waals surface area contributed by atoms with Crippen LogP contribution in [0.1, 0.15) is 12.8 Å². The summed E-state index contributed by atoms with van der Waals surface area (Å²) >= 11 is 0. The van der Waals surface area contributed by atoms with Crippen molar-refractivity contribution >= 4 is 9.84 Å². The van der Waals surface area contributed by atoms with E-state index in [9.17, 15) is 8.42 Å². The van der Waals surface area contributed by atoms with E-state index in [1.165, 1.54) is 0 Å². The van der Waals surface area contributed by atoms with E-state index in [1.54, 1.807) is 0 Å². The topological polar surface area (TPSA) is 87.2 Å². The van der Waals surface area contributed by atoms with Crippen molar-refractivity contribution in [3.05, 3.63) is 0 Å². The van der Waals surface area contributed by atoms with Crippen molar-refractivity contribution < 1.29 is 8.42 Å². The highest BCUT2D eigenvalue weighted by Crippen LogP contribution is 2.38. The maximum atomic E-state index is 11.3. The molecule has 2 aliphatic rings. The monoisotopic (exact) mass is 243 g/mol. The lowest BCUT2D eigenvalue weighted by Crippen LogP contribution is -2.54. The van der Waals surface area contributed by atoms with E-state index < -0.39 is 15.4 Å². The zero-order valence-corrected chi connectivity index (χ0v) is 10.0. The summed E-state index contributed by atoms with van der Waals surface area (Å²) in [6.45, 7) is 1.52. The van der Waals surface area contributed by atoms with Gasteiger partial charge in [0, 0.05) is 19.6 Å². The first-order chi connectivity index (χ1) is 7.45. The van der Waals surface area contributed by atoms with Gasteiger partial charge in [0.15, 0.2) is 9.84 Å². The Kier molecular flexibility index (Phi) is 2.95. The molecule has 0 spiro atoms. The normalized spacial score (nSPS) is 29.2. The first kappa shape index (κ1) is 11.8. The van der Waals surface area contributed by atoms with Crippen LogP contribution in [0.15, 0.2) is 0 Å². The molecule has 2 N–H and O–H groups in total. The molecule has 16 heavy (non-hydrogen) atoms. The molecule has 1 aliphatic carbocycles. The molecule has 1 saturated carbocycles. The highest BCUT2D eigenvalue weighted by atomic mass is 32.2. The second kappa shape index (κ2) is 3.99. The van der Waals surface area contributed by atoms with E-state index in [4.69, 9.17) is 11.0 Å². The van der Waals surface area contributed by atoms with Gasteiger partial charge in [-0.1, -0.05) is 0 Å². The Hall–Kier alpha value is -0.640. The fourth-order valence-electron chi connectivity index (χ4n) is 2.13. The molecule has 0 radical (unpaired) electrons. The number of hydrogen-bond acceptors (Lipinski definition) is 5. The van der Waals surface area contributed by atoms with E-state index in [1.807, 2.05) is 4.90 Å². The quantitative estimate of drug-likeness (QED) is 0.711. The molecule has 1 atom stereocenters. The summed E-state index contributed by atoms with van der Waals surface area (Å²) in [6.07, 6.45) is 2.05. The van der Waals surface area contributed by atoms with Crippen molar-refractivity contribution in [3.8, 4) is 6.07 Å². The van der Waals surface area contributed by atoms with Gasteiger partial charge in [0.25, 0.3) is 0 Å². The second-order valence-electron chi connectivity index (χ2n) is 4.85. The molecule has 2 fully saturated rings. The standard InChI is InChI=1S/C10H17N3O2S/c11-7-10(12,9-1-2-9)8-13-3-5-16(14,15)6-4-13/h9H,1-6,8,12H2. The number of hydrogen-bond donors (Lipinski definition) is 1. The van der Waals surface area contributed by atoms with Crippen LogP contribution in [0.2, 0.25) is 0 Å². The van der Waals surface area contributed by atoms with Gasteiger partial charge in [0.1, 0.15) is 5.54 Å². The predicted octanol–water partition coefficient (Wildman–Crippen LogP) is -0.652. The summed E-state index contributed by atoms with van der Waals surface area (Å²) in [4.78, 5) is 2.00. The predicted molar refractivity (Wildman–Crippen MR) is 60.3 cm³/mol. The van der Waals surface area contributed by atoms with Crippen molar-refractivity contribution in [2.24, 2.45) is 11.7 Å². The number of nitrogens with zero attached hydrogens (tertiary/aromatic N) is 2. The van der Waals surface area contributed by atoms with E-state index in [2.05, 4.69) is 6.07 Å². The summed E-state index contributed by atoms with van der Waals surface area (Å²) in [5, 5.41) is 9.11. The minimum absolute atomic E-state index is 0.194. The fraction of sp³-hybridized carbons (Fsp3) is 0.900. The van der Waals surface area contributed by atoms with E-state index in [0.717, 1.165) is 12.8 Å². The van der Waals surface area contributed by atoms with Crippen molar-refractivity contribution in [2.75, 3.05) is 31.1 Å². The van der Waals surface area contributed by atoms with E-state index >= 15 is 0 Å². The van der Waals surface area contributed by atoms with Crippen LogP contribution in [-0.2, 0) is 9.84 Å². The number of nitriles is 1. The van der Waals surface area contributed by atoms with Crippen LogP contribution in [0, 0.1) is 17.2 Å². The Morgan fingerprint density at radius 2 is 1.94 bits per heavy atom. The zero-order chi connectivity index (χ0) is 11.8. The van der Waals surface area contributed by atoms with Crippen molar-refractivity contribution in [2.45, 2.75) is 18.4 Å². The molecule has 0 amide bonds. The molecule has 0 aromatic carbocycles. The fourth-order valence-corrected chi connectivity index (χ4v) is 3.41. The molecule has 1 aliphatic heterocycles. The number of nitrogens with two attached hydrogens (primary N) is 1. The second-order valence-corrected chi connectivity index (χ2v) is 7.16. The molecule has 6 heteroatoms. The molecule has 1 unspecified atom stereocenters. The van der Waals surface area contributed by atoms with Gasteiger partial charge in [-0.2, -0.15) is 5.26 Å².